The number of halogens is 1. The number of hydrogen-bond donors (Lipinski definition) is 1. The average molecular weight is 311 g/mol. The van der Waals surface area contributed by atoms with Gasteiger partial charge in [-0.1, -0.05) is 17.7 Å². The molecule has 0 atom stereocenters. The number of nitrogens with zero attached hydrogens (tertiary/aromatic N) is 1. The summed E-state index contributed by atoms with van der Waals surface area (Å²) in [6.45, 7) is 7.07. The van der Waals surface area contributed by atoms with Crippen LogP contribution < -0.4 is 5.73 Å². The fraction of sp³-hybridized carbons (Fsp3) is 0.562. The molecule has 0 aromatic heterocycles. The molecule has 1 saturated heterocycles. The predicted molar refractivity (Wildman–Crippen MR) is 85.6 cm³/mol. The molecule has 0 radical (unpaired) electrons. The third-order valence-electron chi connectivity index (χ3n) is 3.64. The summed E-state index contributed by atoms with van der Waals surface area (Å²) >= 11 is 6.08. The van der Waals surface area contributed by atoms with Crippen molar-refractivity contribution in [1.29, 1.82) is 0 Å². The van der Waals surface area contributed by atoms with Gasteiger partial charge < -0.3 is 15.4 Å². The summed E-state index contributed by atoms with van der Waals surface area (Å²) in [5, 5.41) is 0.599. The Hall–Kier alpha value is -1.42. The Kier molecular flexibility index (Phi) is 4.67. The molecule has 1 fully saturated rings. The molecule has 1 heterocycles. The fourth-order valence-corrected chi connectivity index (χ4v) is 2.71. The molecule has 21 heavy (non-hydrogen) atoms. The van der Waals surface area contributed by atoms with Crippen LogP contribution in [0.5, 0.6) is 0 Å². The number of piperidine rings is 1. The van der Waals surface area contributed by atoms with Crippen molar-refractivity contribution >= 4 is 23.4 Å². The molecule has 1 aromatic carbocycles. The largest absolute Gasteiger partial charge is 0.444 e. The summed E-state index contributed by atoms with van der Waals surface area (Å²) < 4.78 is 5.40. The summed E-state index contributed by atoms with van der Waals surface area (Å²) in [4.78, 5) is 13.8. The van der Waals surface area contributed by atoms with Gasteiger partial charge in [0.15, 0.2) is 0 Å². The highest BCUT2D eigenvalue weighted by atomic mass is 35.5. The number of rotatable bonds is 1. The molecule has 2 N–H and O–H groups in total. The van der Waals surface area contributed by atoms with Crippen LogP contribution in [0.1, 0.15) is 45.1 Å². The Morgan fingerprint density at radius 2 is 1.95 bits per heavy atom. The summed E-state index contributed by atoms with van der Waals surface area (Å²) in [6, 6.07) is 5.80. The minimum atomic E-state index is -0.446. The highest BCUT2D eigenvalue weighted by Gasteiger charge is 2.27. The number of benzene rings is 1. The van der Waals surface area contributed by atoms with Crippen molar-refractivity contribution in [2.75, 3.05) is 18.8 Å². The number of anilines is 1. The van der Waals surface area contributed by atoms with Gasteiger partial charge in [-0.05, 0) is 57.2 Å². The van der Waals surface area contributed by atoms with Gasteiger partial charge in [0.2, 0.25) is 0 Å². The Labute approximate surface area is 131 Å². The number of carbonyl (C=O) groups excluding carboxylic acids is 1. The number of hydrogen-bond acceptors (Lipinski definition) is 3. The molecular formula is C16H23ClN2O2. The van der Waals surface area contributed by atoms with E-state index in [2.05, 4.69) is 0 Å². The lowest BCUT2D eigenvalue weighted by atomic mass is 9.89. The lowest BCUT2D eigenvalue weighted by Gasteiger charge is -2.33. The van der Waals surface area contributed by atoms with E-state index in [1.807, 2.05) is 39.0 Å². The summed E-state index contributed by atoms with van der Waals surface area (Å²) in [5.74, 6) is 0.418. The van der Waals surface area contributed by atoms with Gasteiger partial charge in [0, 0.05) is 13.1 Å². The highest BCUT2D eigenvalue weighted by molar-refractivity contribution is 6.33. The molecular weight excluding hydrogens is 288 g/mol. The standard InChI is InChI=1S/C16H23ClN2O2/c1-16(2,3)21-15(20)19-8-6-11(7-9-19)12-4-5-14(18)13(17)10-12/h4-5,10-11H,6-9,18H2,1-3H3. The van der Waals surface area contributed by atoms with Crippen molar-refractivity contribution in [3.05, 3.63) is 28.8 Å². The molecule has 2 rings (SSSR count). The number of ether oxygens (including phenoxy) is 1. The second-order valence-electron chi connectivity index (χ2n) is 6.52. The first kappa shape index (κ1) is 16.0. The van der Waals surface area contributed by atoms with Crippen molar-refractivity contribution in [1.82, 2.24) is 4.90 Å². The topological polar surface area (TPSA) is 55.6 Å². The number of nitrogen functional groups attached to an aromatic ring is 1. The van der Waals surface area contributed by atoms with E-state index in [9.17, 15) is 4.79 Å². The van der Waals surface area contributed by atoms with E-state index in [0.29, 0.717) is 29.7 Å². The number of amides is 1. The lowest BCUT2D eigenvalue weighted by molar-refractivity contribution is 0.0205. The van der Waals surface area contributed by atoms with E-state index in [4.69, 9.17) is 22.1 Å². The van der Waals surface area contributed by atoms with Gasteiger partial charge in [0.25, 0.3) is 0 Å². The predicted octanol–water partition coefficient (Wildman–Crippen LogP) is 4.04. The third-order valence-corrected chi connectivity index (χ3v) is 3.97. The molecule has 0 aliphatic carbocycles. The molecule has 5 heteroatoms. The zero-order chi connectivity index (χ0) is 15.6. The maximum absolute atomic E-state index is 12.0. The SMILES string of the molecule is CC(C)(C)OC(=O)N1CCC(c2ccc(N)c(Cl)c2)CC1. The average Bonchev–Trinajstić information content (AvgIpc) is 2.40. The van der Waals surface area contributed by atoms with E-state index in [1.54, 1.807) is 4.90 Å². The van der Waals surface area contributed by atoms with Gasteiger partial charge in [-0.15, -0.1) is 0 Å². The molecule has 116 valence electrons. The van der Waals surface area contributed by atoms with Crippen molar-refractivity contribution < 1.29 is 9.53 Å². The van der Waals surface area contributed by atoms with Crippen molar-refractivity contribution in [3.63, 3.8) is 0 Å². The van der Waals surface area contributed by atoms with Crippen LogP contribution in [0.25, 0.3) is 0 Å². The second kappa shape index (κ2) is 6.14. The van der Waals surface area contributed by atoms with Crippen molar-refractivity contribution in [2.24, 2.45) is 0 Å². The molecule has 0 saturated carbocycles. The zero-order valence-corrected chi connectivity index (χ0v) is 13.6. The first-order chi connectivity index (χ1) is 9.76. The van der Waals surface area contributed by atoms with E-state index in [0.717, 1.165) is 12.8 Å². The molecule has 0 spiro atoms. The Morgan fingerprint density at radius 3 is 2.48 bits per heavy atom. The van der Waals surface area contributed by atoms with Gasteiger partial charge in [-0.3, -0.25) is 0 Å². The van der Waals surface area contributed by atoms with Gasteiger partial charge in [0.1, 0.15) is 5.60 Å². The normalized spacial score (nSPS) is 16.9. The van der Waals surface area contributed by atoms with Crippen LogP contribution in [0.3, 0.4) is 0 Å². The molecule has 1 aromatic rings. The summed E-state index contributed by atoms with van der Waals surface area (Å²) in [6.07, 6.45) is 1.61. The van der Waals surface area contributed by atoms with Crippen LogP contribution in [0.4, 0.5) is 10.5 Å². The molecule has 1 aliphatic heterocycles. The van der Waals surface area contributed by atoms with Gasteiger partial charge in [0.05, 0.1) is 10.7 Å². The van der Waals surface area contributed by atoms with Crippen molar-refractivity contribution in [2.45, 2.75) is 45.1 Å². The first-order valence-electron chi connectivity index (χ1n) is 7.29. The molecule has 1 amide bonds. The van der Waals surface area contributed by atoms with E-state index in [-0.39, 0.29) is 6.09 Å². The fourth-order valence-electron chi connectivity index (χ4n) is 2.52. The van der Waals surface area contributed by atoms with Crippen LogP contribution in [-0.2, 0) is 4.74 Å². The smallest absolute Gasteiger partial charge is 0.410 e. The first-order valence-corrected chi connectivity index (χ1v) is 7.67. The minimum absolute atomic E-state index is 0.226. The van der Waals surface area contributed by atoms with Gasteiger partial charge in [-0.2, -0.15) is 0 Å². The monoisotopic (exact) mass is 310 g/mol. The molecule has 1 aliphatic rings. The highest BCUT2D eigenvalue weighted by Crippen LogP contribution is 2.31. The van der Waals surface area contributed by atoms with Gasteiger partial charge in [-0.25, -0.2) is 4.79 Å². The Morgan fingerprint density at radius 1 is 1.33 bits per heavy atom. The zero-order valence-electron chi connectivity index (χ0n) is 12.9. The lowest BCUT2D eigenvalue weighted by Crippen LogP contribution is -2.41. The molecule has 0 bridgehead atoms. The van der Waals surface area contributed by atoms with Gasteiger partial charge >= 0.3 is 6.09 Å². The molecule has 4 nitrogen and oxygen atoms in total. The van der Waals surface area contributed by atoms with E-state index in [1.165, 1.54) is 5.56 Å². The third kappa shape index (κ3) is 4.27. The Bertz CT molecular complexity index is 517. The molecule has 0 unspecified atom stereocenters. The van der Waals surface area contributed by atoms with Crippen LogP contribution >= 0.6 is 11.6 Å². The number of likely N-dealkylation sites (tertiary alicyclic amines) is 1. The maximum atomic E-state index is 12.0. The van der Waals surface area contributed by atoms with Crippen LogP contribution in [0.15, 0.2) is 18.2 Å². The number of nitrogens with two attached hydrogens (primary N) is 1. The summed E-state index contributed by atoms with van der Waals surface area (Å²) in [7, 11) is 0. The van der Waals surface area contributed by atoms with E-state index < -0.39 is 5.60 Å². The van der Waals surface area contributed by atoms with E-state index >= 15 is 0 Å². The van der Waals surface area contributed by atoms with Crippen molar-refractivity contribution in [3.8, 4) is 0 Å². The second-order valence-corrected chi connectivity index (χ2v) is 6.93. The summed E-state index contributed by atoms with van der Waals surface area (Å²) in [5.41, 5.74) is 7.09. The maximum Gasteiger partial charge on any atom is 0.410 e. The quantitative estimate of drug-likeness (QED) is 0.797. The van der Waals surface area contributed by atoms with Crippen LogP contribution in [0.2, 0.25) is 5.02 Å². The number of carbonyl (C=O) groups is 1. The Balaban J connectivity index is 1.94. The van der Waals surface area contributed by atoms with Crippen LogP contribution in [-0.4, -0.2) is 29.7 Å². The minimum Gasteiger partial charge on any atom is -0.444 e. The van der Waals surface area contributed by atoms with Crippen LogP contribution in [0, 0.1) is 0 Å².